The third kappa shape index (κ3) is 6.82. The second-order valence-electron chi connectivity index (χ2n) is 9.19. The molecule has 9 nitrogen and oxygen atoms in total. The molecule has 1 aliphatic heterocycles. The van der Waals surface area contributed by atoms with Crippen molar-refractivity contribution < 1.29 is 24.0 Å². The summed E-state index contributed by atoms with van der Waals surface area (Å²) >= 11 is 9.28. The maximum Gasteiger partial charge on any atom is 0.311 e. The van der Waals surface area contributed by atoms with E-state index >= 15 is 0 Å². The Labute approximate surface area is 238 Å². The molecular formula is C28H25BrClN3O6. The Morgan fingerprint density at radius 1 is 1.13 bits per heavy atom. The number of piperidine rings is 1. The van der Waals surface area contributed by atoms with E-state index in [1.807, 2.05) is 13.0 Å². The van der Waals surface area contributed by atoms with E-state index in [1.54, 1.807) is 47.4 Å². The number of carbonyl (C=O) groups excluding carboxylic acids is 3. The van der Waals surface area contributed by atoms with Crippen LogP contribution in [0.2, 0.25) is 5.02 Å². The minimum Gasteiger partial charge on any atom is -0.447 e. The quantitative estimate of drug-likeness (QED) is 0.195. The van der Waals surface area contributed by atoms with Crippen molar-refractivity contribution in [2.45, 2.75) is 25.9 Å². The second-order valence-corrected chi connectivity index (χ2v) is 10.5. The van der Waals surface area contributed by atoms with Crippen molar-refractivity contribution in [1.29, 1.82) is 0 Å². The highest BCUT2D eigenvalue weighted by Crippen LogP contribution is 2.30. The van der Waals surface area contributed by atoms with Crippen molar-refractivity contribution in [3.05, 3.63) is 103 Å². The number of nitrogens with one attached hydrogen (secondary N) is 1. The van der Waals surface area contributed by atoms with E-state index in [1.165, 1.54) is 12.1 Å². The summed E-state index contributed by atoms with van der Waals surface area (Å²) in [6.07, 6.45) is -0.195. The van der Waals surface area contributed by atoms with Crippen LogP contribution in [0.25, 0.3) is 0 Å². The molecule has 1 fully saturated rings. The number of ether oxygens (including phenoxy) is 1. The Kier molecular flexibility index (Phi) is 8.98. The minimum absolute atomic E-state index is 0.0706. The largest absolute Gasteiger partial charge is 0.447 e. The van der Waals surface area contributed by atoms with E-state index in [0.717, 1.165) is 16.1 Å². The molecule has 0 radical (unpaired) electrons. The smallest absolute Gasteiger partial charge is 0.311 e. The molecule has 39 heavy (non-hydrogen) atoms. The van der Waals surface area contributed by atoms with Crippen molar-refractivity contribution in [3.8, 4) is 0 Å². The highest BCUT2D eigenvalue weighted by Gasteiger charge is 2.34. The highest BCUT2D eigenvalue weighted by molar-refractivity contribution is 9.10. The van der Waals surface area contributed by atoms with Crippen LogP contribution in [0.15, 0.2) is 71.2 Å². The first-order chi connectivity index (χ1) is 18.6. The number of benzene rings is 3. The molecule has 1 N–H and O–H groups in total. The molecule has 3 aromatic carbocycles. The van der Waals surface area contributed by atoms with E-state index in [4.69, 9.17) is 16.3 Å². The zero-order chi connectivity index (χ0) is 28.1. The fraction of sp³-hybridized carbons (Fsp3) is 0.250. The van der Waals surface area contributed by atoms with Crippen molar-refractivity contribution >= 4 is 56.7 Å². The van der Waals surface area contributed by atoms with E-state index in [-0.39, 0.29) is 28.8 Å². The summed E-state index contributed by atoms with van der Waals surface area (Å²) in [6.45, 7) is 2.53. The number of esters is 1. The van der Waals surface area contributed by atoms with Crippen LogP contribution in [0.1, 0.15) is 40.4 Å². The molecule has 2 unspecified atom stereocenters. The van der Waals surface area contributed by atoms with Crippen molar-refractivity contribution in [1.82, 2.24) is 4.90 Å². The monoisotopic (exact) mass is 613 g/mol. The number of halogens is 2. The average Bonchev–Trinajstić information content (AvgIpc) is 2.92. The van der Waals surface area contributed by atoms with E-state index in [0.29, 0.717) is 30.5 Å². The number of anilines is 1. The van der Waals surface area contributed by atoms with E-state index < -0.39 is 28.8 Å². The van der Waals surface area contributed by atoms with Gasteiger partial charge >= 0.3 is 5.97 Å². The van der Waals surface area contributed by atoms with Gasteiger partial charge in [-0.05, 0) is 55.7 Å². The van der Waals surface area contributed by atoms with Crippen LogP contribution in [0.5, 0.6) is 0 Å². The lowest BCUT2D eigenvalue weighted by Gasteiger charge is -2.32. The lowest BCUT2D eigenvalue weighted by atomic mass is 9.96. The van der Waals surface area contributed by atoms with Gasteiger partial charge in [-0.25, -0.2) is 0 Å². The Hall–Kier alpha value is -3.76. The molecule has 0 aliphatic carbocycles. The van der Waals surface area contributed by atoms with Crippen molar-refractivity contribution in [2.75, 3.05) is 18.4 Å². The average molecular weight is 615 g/mol. The number of hydrogen-bond acceptors (Lipinski definition) is 6. The predicted molar refractivity (Wildman–Crippen MR) is 150 cm³/mol. The van der Waals surface area contributed by atoms with Gasteiger partial charge in [0.25, 0.3) is 17.5 Å². The van der Waals surface area contributed by atoms with Crippen LogP contribution >= 0.6 is 27.5 Å². The lowest BCUT2D eigenvalue weighted by Crippen LogP contribution is -2.43. The van der Waals surface area contributed by atoms with Crippen LogP contribution in [0.3, 0.4) is 0 Å². The third-order valence-electron chi connectivity index (χ3n) is 6.45. The summed E-state index contributed by atoms with van der Waals surface area (Å²) in [5, 5.41) is 13.8. The Balaban J connectivity index is 1.50. The zero-order valence-corrected chi connectivity index (χ0v) is 23.3. The molecule has 3 aromatic rings. The fourth-order valence-corrected chi connectivity index (χ4v) is 5.10. The van der Waals surface area contributed by atoms with Gasteiger partial charge < -0.3 is 15.0 Å². The van der Waals surface area contributed by atoms with E-state index in [2.05, 4.69) is 21.2 Å². The number of nitro groups is 1. The fourth-order valence-electron chi connectivity index (χ4n) is 4.44. The SMILES string of the molecule is Cc1cc(Br)ccc1C(=O)N1CCCC(C(=O)OC(C(=O)Nc2ccc(Cl)c([N+](=O)[O-])c2)c2ccccc2)C1. The Morgan fingerprint density at radius 3 is 2.56 bits per heavy atom. The van der Waals surface area contributed by atoms with Gasteiger partial charge in [-0.15, -0.1) is 0 Å². The molecule has 2 amide bonds. The molecule has 0 spiro atoms. The number of rotatable bonds is 7. The molecule has 1 saturated heterocycles. The van der Waals surface area contributed by atoms with Crippen LogP contribution < -0.4 is 5.32 Å². The van der Waals surface area contributed by atoms with Crippen LogP contribution in [0, 0.1) is 23.0 Å². The first-order valence-electron chi connectivity index (χ1n) is 12.2. The minimum atomic E-state index is -1.31. The van der Waals surface area contributed by atoms with Gasteiger partial charge in [0, 0.05) is 40.4 Å². The highest BCUT2D eigenvalue weighted by atomic mass is 79.9. The van der Waals surface area contributed by atoms with E-state index in [9.17, 15) is 24.5 Å². The van der Waals surface area contributed by atoms with Crippen molar-refractivity contribution in [3.63, 3.8) is 0 Å². The lowest BCUT2D eigenvalue weighted by molar-refractivity contribution is -0.384. The van der Waals surface area contributed by atoms with Gasteiger partial charge in [-0.2, -0.15) is 0 Å². The third-order valence-corrected chi connectivity index (χ3v) is 7.26. The molecule has 4 rings (SSSR count). The standard InChI is InChI=1S/C28H25BrClN3O6/c1-17-14-20(29)9-11-22(17)27(35)32-13-5-8-19(16-32)28(36)39-25(18-6-3-2-4-7-18)26(34)31-21-10-12-23(30)24(15-21)33(37)38/h2-4,6-7,9-12,14-15,19,25H,5,8,13,16H2,1H3,(H,31,34). The summed E-state index contributed by atoms with van der Waals surface area (Å²) < 4.78 is 6.60. The van der Waals surface area contributed by atoms with Crippen molar-refractivity contribution in [2.24, 2.45) is 5.92 Å². The van der Waals surface area contributed by atoms with Gasteiger partial charge in [-0.3, -0.25) is 24.5 Å². The maximum atomic E-state index is 13.3. The summed E-state index contributed by atoms with van der Waals surface area (Å²) in [5.74, 6) is -2.07. The number of carbonyl (C=O) groups is 3. The summed E-state index contributed by atoms with van der Waals surface area (Å²) in [7, 11) is 0. The topological polar surface area (TPSA) is 119 Å². The molecule has 1 heterocycles. The van der Waals surface area contributed by atoms with Gasteiger partial charge in [0.1, 0.15) is 5.02 Å². The molecule has 0 bridgehead atoms. The molecule has 1 aliphatic rings. The second kappa shape index (κ2) is 12.4. The van der Waals surface area contributed by atoms with Crippen LogP contribution in [0.4, 0.5) is 11.4 Å². The first kappa shape index (κ1) is 28.3. The zero-order valence-electron chi connectivity index (χ0n) is 20.9. The number of likely N-dealkylation sites (tertiary alicyclic amines) is 1. The maximum absolute atomic E-state index is 13.3. The molecule has 202 valence electrons. The molecular weight excluding hydrogens is 590 g/mol. The van der Waals surface area contributed by atoms with Gasteiger partial charge in [0.05, 0.1) is 10.8 Å². The number of aryl methyl sites for hydroxylation is 1. The number of amides is 2. The number of nitrogens with zero attached hydrogens (tertiary/aromatic N) is 2. The molecule has 2 atom stereocenters. The van der Waals surface area contributed by atoms with Crippen LogP contribution in [-0.4, -0.2) is 40.7 Å². The first-order valence-corrected chi connectivity index (χ1v) is 13.4. The van der Waals surface area contributed by atoms with Gasteiger partial charge in [0.15, 0.2) is 0 Å². The Morgan fingerprint density at radius 2 is 1.87 bits per heavy atom. The van der Waals surface area contributed by atoms with Crippen LogP contribution in [-0.2, 0) is 14.3 Å². The Bertz CT molecular complexity index is 1420. The predicted octanol–water partition coefficient (Wildman–Crippen LogP) is 6.09. The number of nitro benzene ring substituents is 1. The summed E-state index contributed by atoms with van der Waals surface area (Å²) in [4.78, 5) is 52.0. The molecule has 11 heteroatoms. The van der Waals surface area contributed by atoms with Gasteiger partial charge in [0.2, 0.25) is 6.10 Å². The summed E-state index contributed by atoms with van der Waals surface area (Å²) in [6, 6.07) is 17.7. The van der Waals surface area contributed by atoms with Gasteiger partial charge in [-0.1, -0.05) is 57.9 Å². The molecule has 0 saturated carbocycles. The number of hydrogen-bond donors (Lipinski definition) is 1. The molecule has 0 aromatic heterocycles. The summed E-state index contributed by atoms with van der Waals surface area (Å²) in [5.41, 5.74) is 1.58. The normalized spacial score (nSPS) is 15.8.